The lowest BCUT2D eigenvalue weighted by Gasteiger charge is -2.15. The molecule has 4 rings (SSSR count). The van der Waals surface area contributed by atoms with E-state index in [-0.39, 0.29) is 5.75 Å². The van der Waals surface area contributed by atoms with Crippen molar-refractivity contribution in [3.8, 4) is 28.4 Å². The van der Waals surface area contributed by atoms with Gasteiger partial charge in [0.2, 0.25) is 0 Å². The van der Waals surface area contributed by atoms with Gasteiger partial charge in [-0.1, -0.05) is 17.7 Å². The van der Waals surface area contributed by atoms with E-state index in [1.54, 1.807) is 20.3 Å². The Morgan fingerprint density at radius 1 is 0.912 bits per heavy atom. The van der Waals surface area contributed by atoms with Crippen LogP contribution in [-0.2, 0) is 6.54 Å². The maximum Gasteiger partial charge on any atom is 0.387 e. The predicted octanol–water partition coefficient (Wildman–Crippen LogP) is 6.49. The molecule has 0 aliphatic heterocycles. The van der Waals surface area contributed by atoms with E-state index in [0.717, 1.165) is 16.3 Å². The van der Waals surface area contributed by atoms with Crippen LogP contribution in [0.3, 0.4) is 0 Å². The maximum absolute atomic E-state index is 12.9. The number of methoxy groups -OCH3 is 2. The SMILES string of the molecule is COc1ccc(CNc2nnc(C)c3cc(-c4cc(Cl)ccc4OC(F)F)ccc23)c(OC)c1. The standard InChI is InChI=1S/C25H22ClF2N3O3/c1-14-20-10-15(21-11-17(26)6-9-22(21)34-25(27)28)5-8-19(20)24(31-30-14)29-13-16-4-7-18(32-2)12-23(16)33-3/h4-12,25H,13H2,1-3H3,(H,29,31). The number of alkyl halides is 2. The quantitative estimate of drug-likeness (QED) is 0.308. The summed E-state index contributed by atoms with van der Waals surface area (Å²) in [7, 11) is 3.20. The van der Waals surface area contributed by atoms with Crippen LogP contribution in [0.25, 0.3) is 21.9 Å². The van der Waals surface area contributed by atoms with Crippen molar-refractivity contribution in [2.45, 2.75) is 20.1 Å². The van der Waals surface area contributed by atoms with Gasteiger partial charge in [0.1, 0.15) is 17.2 Å². The van der Waals surface area contributed by atoms with Crippen molar-refractivity contribution in [1.82, 2.24) is 10.2 Å². The van der Waals surface area contributed by atoms with Crippen LogP contribution in [-0.4, -0.2) is 31.0 Å². The second-order valence-corrected chi connectivity index (χ2v) is 7.88. The van der Waals surface area contributed by atoms with Crippen LogP contribution < -0.4 is 19.5 Å². The highest BCUT2D eigenvalue weighted by Gasteiger charge is 2.15. The highest BCUT2D eigenvalue weighted by molar-refractivity contribution is 6.31. The highest BCUT2D eigenvalue weighted by Crippen LogP contribution is 2.36. The van der Waals surface area contributed by atoms with E-state index in [4.69, 9.17) is 25.8 Å². The summed E-state index contributed by atoms with van der Waals surface area (Å²) < 4.78 is 41.2. The Hall–Kier alpha value is -3.65. The van der Waals surface area contributed by atoms with E-state index in [9.17, 15) is 8.78 Å². The van der Waals surface area contributed by atoms with Crippen molar-refractivity contribution in [2.24, 2.45) is 0 Å². The number of fused-ring (bicyclic) bond motifs is 1. The van der Waals surface area contributed by atoms with Gasteiger partial charge in [-0.2, -0.15) is 13.9 Å². The Kier molecular flexibility index (Phi) is 6.98. The lowest BCUT2D eigenvalue weighted by atomic mass is 10.00. The van der Waals surface area contributed by atoms with Crippen LogP contribution in [0, 0.1) is 6.92 Å². The lowest BCUT2D eigenvalue weighted by Crippen LogP contribution is -2.06. The van der Waals surface area contributed by atoms with Crippen LogP contribution in [0.15, 0.2) is 54.6 Å². The molecule has 0 saturated carbocycles. The van der Waals surface area contributed by atoms with Gasteiger partial charge in [-0.15, -0.1) is 5.10 Å². The molecular formula is C25H22ClF2N3O3. The smallest absolute Gasteiger partial charge is 0.387 e. The van der Waals surface area contributed by atoms with Crippen LogP contribution >= 0.6 is 11.6 Å². The van der Waals surface area contributed by atoms with Gasteiger partial charge in [0.15, 0.2) is 5.82 Å². The molecule has 9 heteroatoms. The van der Waals surface area contributed by atoms with Gasteiger partial charge in [0.25, 0.3) is 0 Å². The molecule has 1 heterocycles. The number of ether oxygens (including phenoxy) is 3. The van der Waals surface area contributed by atoms with Crippen LogP contribution in [0.2, 0.25) is 5.02 Å². The molecule has 176 valence electrons. The average molecular weight is 486 g/mol. The largest absolute Gasteiger partial charge is 0.497 e. The van der Waals surface area contributed by atoms with Gasteiger partial charge in [0, 0.05) is 39.5 Å². The third-order valence-corrected chi connectivity index (χ3v) is 5.61. The highest BCUT2D eigenvalue weighted by atomic mass is 35.5. The van der Waals surface area contributed by atoms with Gasteiger partial charge in [-0.05, 0) is 55.0 Å². The maximum atomic E-state index is 12.9. The summed E-state index contributed by atoms with van der Waals surface area (Å²) in [4.78, 5) is 0. The summed E-state index contributed by atoms with van der Waals surface area (Å²) in [5.41, 5.74) is 2.75. The van der Waals surface area contributed by atoms with Crippen molar-refractivity contribution in [1.29, 1.82) is 0 Å². The van der Waals surface area contributed by atoms with Crippen molar-refractivity contribution >= 4 is 28.2 Å². The molecule has 0 radical (unpaired) electrons. The molecule has 0 fully saturated rings. The number of benzene rings is 3. The molecule has 1 aromatic heterocycles. The number of aryl methyl sites for hydroxylation is 1. The van der Waals surface area contributed by atoms with Gasteiger partial charge >= 0.3 is 6.61 Å². The zero-order chi connectivity index (χ0) is 24.2. The molecular weight excluding hydrogens is 464 g/mol. The topological polar surface area (TPSA) is 65.5 Å². The number of hydrogen-bond donors (Lipinski definition) is 1. The van der Waals surface area contributed by atoms with Gasteiger partial charge in [-0.25, -0.2) is 0 Å². The Balaban J connectivity index is 1.69. The molecule has 0 bridgehead atoms. The third-order valence-electron chi connectivity index (χ3n) is 5.37. The van der Waals surface area contributed by atoms with E-state index >= 15 is 0 Å². The second kappa shape index (κ2) is 10.1. The van der Waals surface area contributed by atoms with Gasteiger partial charge < -0.3 is 19.5 Å². The first-order valence-corrected chi connectivity index (χ1v) is 10.7. The average Bonchev–Trinajstić information content (AvgIpc) is 2.84. The Morgan fingerprint density at radius 2 is 1.74 bits per heavy atom. The number of hydrogen-bond acceptors (Lipinski definition) is 6. The first-order valence-electron chi connectivity index (χ1n) is 10.4. The van der Waals surface area contributed by atoms with Crippen LogP contribution in [0.4, 0.5) is 14.6 Å². The molecule has 0 aliphatic carbocycles. The number of aromatic nitrogens is 2. The lowest BCUT2D eigenvalue weighted by molar-refractivity contribution is -0.0494. The molecule has 6 nitrogen and oxygen atoms in total. The zero-order valence-corrected chi connectivity index (χ0v) is 19.5. The summed E-state index contributed by atoms with van der Waals surface area (Å²) in [5, 5.41) is 14.0. The summed E-state index contributed by atoms with van der Waals surface area (Å²) in [6, 6.07) is 15.7. The first-order chi connectivity index (χ1) is 16.4. The summed E-state index contributed by atoms with van der Waals surface area (Å²) in [6.45, 7) is -0.662. The number of rotatable bonds is 8. The molecule has 3 aromatic carbocycles. The van der Waals surface area contributed by atoms with Crippen LogP contribution in [0.1, 0.15) is 11.3 Å². The van der Waals surface area contributed by atoms with Crippen molar-refractivity contribution in [3.05, 3.63) is 70.9 Å². The van der Waals surface area contributed by atoms with E-state index in [2.05, 4.69) is 15.5 Å². The van der Waals surface area contributed by atoms with E-state index in [0.29, 0.717) is 45.7 Å². The van der Waals surface area contributed by atoms with E-state index < -0.39 is 6.61 Å². The van der Waals surface area contributed by atoms with Crippen molar-refractivity contribution in [2.75, 3.05) is 19.5 Å². The molecule has 0 amide bonds. The molecule has 4 aromatic rings. The summed E-state index contributed by atoms with van der Waals surface area (Å²) in [6.07, 6.45) is 0. The van der Waals surface area contributed by atoms with E-state index in [1.807, 2.05) is 43.3 Å². The molecule has 0 unspecified atom stereocenters. The fraction of sp³-hybridized carbons (Fsp3) is 0.200. The fourth-order valence-corrected chi connectivity index (χ4v) is 3.86. The van der Waals surface area contributed by atoms with Gasteiger partial charge in [-0.3, -0.25) is 0 Å². The third kappa shape index (κ3) is 4.97. The predicted molar refractivity (Wildman–Crippen MR) is 128 cm³/mol. The first kappa shape index (κ1) is 23.5. The molecule has 0 saturated heterocycles. The number of nitrogens with zero attached hydrogens (tertiary/aromatic N) is 2. The molecule has 0 atom stereocenters. The normalized spacial score (nSPS) is 11.0. The number of nitrogens with one attached hydrogen (secondary N) is 1. The van der Waals surface area contributed by atoms with Crippen molar-refractivity contribution < 1.29 is 23.0 Å². The molecule has 0 aliphatic rings. The fourth-order valence-electron chi connectivity index (χ4n) is 3.68. The van der Waals surface area contributed by atoms with E-state index in [1.165, 1.54) is 12.1 Å². The molecule has 0 spiro atoms. The minimum Gasteiger partial charge on any atom is -0.497 e. The molecule has 34 heavy (non-hydrogen) atoms. The second-order valence-electron chi connectivity index (χ2n) is 7.44. The Labute approximate surface area is 200 Å². The zero-order valence-electron chi connectivity index (χ0n) is 18.7. The number of halogens is 3. The van der Waals surface area contributed by atoms with Gasteiger partial charge in [0.05, 0.1) is 19.9 Å². The summed E-state index contributed by atoms with van der Waals surface area (Å²) in [5.74, 6) is 2.01. The van der Waals surface area contributed by atoms with Crippen LogP contribution in [0.5, 0.6) is 17.2 Å². The number of anilines is 1. The van der Waals surface area contributed by atoms with Crippen molar-refractivity contribution in [3.63, 3.8) is 0 Å². The minimum atomic E-state index is -2.95. The Morgan fingerprint density at radius 3 is 2.47 bits per heavy atom. The summed E-state index contributed by atoms with van der Waals surface area (Å²) >= 11 is 6.13. The Bertz CT molecular complexity index is 1330. The monoisotopic (exact) mass is 485 g/mol. The molecule has 1 N–H and O–H groups in total. The minimum absolute atomic E-state index is 0.0448.